The van der Waals surface area contributed by atoms with Crippen molar-refractivity contribution in [3.05, 3.63) is 23.9 Å². The number of nitrogen functional groups attached to an aromatic ring is 1. The van der Waals surface area contributed by atoms with Gasteiger partial charge in [0.15, 0.2) is 0 Å². The highest BCUT2D eigenvalue weighted by atomic mass is 15.3. The van der Waals surface area contributed by atoms with Crippen LogP contribution in [0.4, 0.5) is 11.8 Å². The smallest absolute Gasteiger partial charge is 0.222 e. The summed E-state index contributed by atoms with van der Waals surface area (Å²) in [4.78, 5) is 12.6. The van der Waals surface area contributed by atoms with Crippen LogP contribution in [0.2, 0.25) is 0 Å². The average molecular weight is 289 g/mol. The first kappa shape index (κ1) is 15.2. The molecule has 0 unspecified atom stereocenters. The lowest BCUT2D eigenvalue weighted by molar-refractivity contribution is 0.576. The topological polar surface area (TPSA) is 94.5 Å². The van der Waals surface area contributed by atoms with E-state index in [-0.39, 0.29) is 0 Å². The quantitative estimate of drug-likeness (QED) is 0.720. The van der Waals surface area contributed by atoms with Crippen LogP contribution in [0.3, 0.4) is 0 Å². The molecular weight excluding hydrogens is 266 g/mol. The zero-order valence-electron chi connectivity index (χ0n) is 12.7. The van der Waals surface area contributed by atoms with E-state index in [4.69, 9.17) is 5.73 Å². The van der Waals surface area contributed by atoms with Gasteiger partial charge in [0.1, 0.15) is 18.5 Å². The summed E-state index contributed by atoms with van der Waals surface area (Å²) in [5.74, 6) is 1.19. The molecule has 2 heterocycles. The predicted molar refractivity (Wildman–Crippen MR) is 82.9 cm³/mol. The molecule has 0 saturated heterocycles. The summed E-state index contributed by atoms with van der Waals surface area (Å²) in [6, 6.07) is 0. The lowest BCUT2D eigenvalue weighted by atomic mass is 10.1. The van der Waals surface area contributed by atoms with E-state index in [9.17, 15) is 0 Å². The molecule has 3 N–H and O–H groups in total. The van der Waals surface area contributed by atoms with Crippen molar-refractivity contribution in [2.75, 3.05) is 17.6 Å². The Kier molecular flexibility index (Phi) is 5.48. The van der Waals surface area contributed by atoms with Crippen LogP contribution in [0.15, 0.2) is 12.7 Å². The fourth-order valence-electron chi connectivity index (χ4n) is 2.21. The lowest BCUT2D eigenvalue weighted by Crippen LogP contribution is -2.12. The van der Waals surface area contributed by atoms with Gasteiger partial charge in [-0.15, -0.1) is 0 Å². The number of nitrogens with zero attached hydrogens (tertiary/aromatic N) is 5. The molecule has 7 heteroatoms. The van der Waals surface area contributed by atoms with Gasteiger partial charge in [0, 0.05) is 24.3 Å². The van der Waals surface area contributed by atoms with Crippen molar-refractivity contribution in [2.24, 2.45) is 0 Å². The fourth-order valence-corrected chi connectivity index (χ4v) is 2.21. The molecule has 0 fully saturated rings. The van der Waals surface area contributed by atoms with Crippen LogP contribution >= 0.6 is 0 Å². The van der Waals surface area contributed by atoms with Crippen LogP contribution in [0.5, 0.6) is 0 Å². The number of unbranched alkanes of at least 4 members (excludes halogenated alkanes) is 1. The largest absolute Gasteiger partial charge is 0.370 e. The van der Waals surface area contributed by atoms with E-state index in [0.717, 1.165) is 55.8 Å². The van der Waals surface area contributed by atoms with Gasteiger partial charge in [-0.25, -0.2) is 9.97 Å². The van der Waals surface area contributed by atoms with Gasteiger partial charge in [-0.1, -0.05) is 13.3 Å². The first-order valence-electron chi connectivity index (χ1n) is 7.40. The van der Waals surface area contributed by atoms with Crippen LogP contribution in [-0.2, 0) is 13.0 Å². The number of anilines is 2. The Hall–Kier alpha value is -2.18. The van der Waals surface area contributed by atoms with Crippen molar-refractivity contribution in [3.8, 4) is 0 Å². The molecule has 2 rings (SSSR count). The molecule has 21 heavy (non-hydrogen) atoms. The van der Waals surface area contributed by atoms with Crippen LogP contribution in [0.25, 0.3) is 0 Å². The number of nitrogens with two attached hydrogens (primary N) is 1. The Morgan fingerprint density at radius 2 is 2.14 bits per heavy atom. The Labute approximate surface area is 125 Å². The Bertz CT molecular complexity index is 551. The molecule has 0 aliphatic heterocycles. The first-order chi connectivity index (χ1) is 10.2. The predicted octanol–water partition coefficient (Wildman–Crippen LogP) is 1.80. The molecule has 0 aromatic carbocycles. The summed E-state index contributed by atoms with van der Waals surface area (Å²) < 4.78 is 1.83. The average Bonchev–Trinajstić information content (AvgIpc) is 2.95. The second-order valence-electron chi connectivity index (χ2n) is 5.04. The molecule has 0 aliphatic rings. The van der Waals surface area contributed by atoms with E-state index < -0.39 is 0 Å². The summed E-state index contributed by atoms with van der Waals surface area (Å²) in [7, 11) is 0. The Balaban J connectivity index is 2.01. The van der Waals surface area contributed by atoms with Crippen molar-refractivity contribution >= 4 is 11.8 Å². The molecule has 2 aromatic heterocycles. The van der Waals surface area contributed by atoms with Crippen molar-refractivity contribution in [1.29, 1.82) is 0 Å². The van der Waals surface area contributed by atoms with Crippen molar-refractivity contribution in [1.82, 2.24) is 24.7 Å². The zero-order valence-corrected chi connectivity index (χ0v) is 12.7. The van der Waals surface area contributed by atoms with Crippen molar-refractivity contribution < 1.29 is 0 Å². The maximum Gasteiger partial charge on any atom is 0.222 e. The van der Waals surface area contributed by atoms with Crippen LogP contribution < -0.4 is 11.1 Å². The van der Waals surface area contributed by atoms with E-state index in [2.05, 4.69) is 32.3 Å². The highest BCUT2D eigenvalue weighted by Crippen LogP contribution is 2.19. The molecule has 7 nitrogen and oxygen atoms in total. The summed E-state index contributed by atoms with van der Waals surface area (Å²) in [5.41, 5.74) is 7.84. The highest BCUT2D eigenvalue weighted by molar-refractivity contribution is 5.49. The summed E-state index contributed by atoms with van der Waals surface area (Å²) in [6.45, 7) is 5.88. The molecule has 0 aliphatic carbocycles. The molecule has 114 valence electrons. The number of aryl methyl sites for hydroxylation is 2. The minimum Gasteiger partial charge on any atom is -0.370 e. The molecular formula is C14H23N7. The Morgan fingerprint density at radius 3 is 2.86 bits per heavy atom. The summed E-state index contributed by atoms with van der Waals surface area (Å²) in [6.07, 6.45) is 7.39. The first-order valence-corrected chi connectivity index (χ1v) is 7.40. The van der Waals surface area contributed by atoms with Crippen molar-refractivity contribution in [3.63, 3.8) is 0 Å². The summed E-state index contributed by atoms with van der Waals surface area (Å²) >= 11 is 0. The second kappa shape index (κ2) is 7.56. The fraction of sp³-hybridized carbons (Fsp3) is 0.571. The maximum absolute atomic E-state index is 5.75. The summed E-state index contributed by atoms with van der Waals surface area (Å²) in [5, 5.41) is 7.48. The molecule has 0 spiro atoms. The molecule has 0 atom stereocenters. The molecule has 2 aromatic rings. The van der Waals surface area contributed by atoms with E-state index in [0.29, 0.717) is 5.95 Å². The van der Waals surface area contributed by atoms with Gasteiger partial charge >= 0.3 is 0 Å². The highest BCUT2D eigenvalue weighted by Gasteiger charge is 2.10. The van der Waals surface area contributed by atoms with Gasteiger partial charge in [0.25, 0.3) is 0 Å². The van der Waals surface area contributed by atoms with Crippen LogP contribution in [0, 0.1) is 6.92 Å². The van der Waals surface area contributed by atoms with E-state index in [1.807, 2.05) is 11.6 Å². The van der Waals surface area contributed by atoms with Crippen molar-refractivity contribution in [2.45, 2.75) is 46.1 Å². The van der Waals surface area contributed by atoms with Gasteiger partial charge in [-0.2, -0.15) is 10.1 Å². The second-order valence-corrected chi connectivity index (χ2v) is 5.04. The standard InChI is InChI=1S/C14H23N7/c1-3-4-7-17-13-12(11(2)19-14(15)20-13)6-5-8-21-10-16-9-18-21/h9-10H,3-8H2,1-2H3,(H3,15,17,19,20). The number of nitrogens with one attached hydrogen (secondary N) is 1. The van der Waals surface area contributed by atoms with E-state index in [1.165, 1.54) is 0 Å². The minimum atomic E-state index is 0.325. The molecule has 0 saturated carbocycles. The zero-order chi connectivity index (χ0) is 15.1. The normalized spacial score (nSPS) is 10.8. The minimum absolute atomic E-state index is 0.325. The van der Waals surface area contributed by atoms with Gasteiger partial charge in [0.05, 0.1) is 0 Å². The van der Waals surface area contributed by atoms with E-state index >= 15 is 0 Å². The number of hydrogen-bond donors (Lipinski definition) is 2. The van der Waals surface area contributed by atoms with Gasteiger partial charge < -0.3 is 11.1 Å². The third kappa shape index (κ3) is 4.40. The molecule has 0 radical (unpaired) electrons. The number of aromatic nitrogens is 5. The molecule has 0 bridgehead atoms. The molecule has 0 amide bonds. The van der Waals surface area contributed by atoms with E-state index in [1.54, 1.807) is 12.7 Å². The Morgan fingerprint density at radius 1 is 1.29 bits per heavy atom. The van der Waals surface area contributed by atoms with Crippen LogP contribution in [-0.4, -0.2) is 31.3 Å². The lowest BCUT2D eigenvalue weighted by Gasteiger charge is -2.13. The third-order valence-electron chi connectivity index (χ3n) is 3.33. The van der Waals surface area contributed by atoms with Gasteiger partial charge in [0.2, 0.25) is 5.95 Å². The van der Waals surface area contributed by atoms with Crippen LogP contribution in [0.1, 0.15) is 37.4 Å². The maximum atomic E-state index is 5.75. The monoisotopic (exact) mass is 289 g/mol. The number of hydrogen-bond acceptors (Lipinski definition) is 6. The van der Waals surface area contributed by atoms with Gasteiger partial charge in [-0.05, 0) is 26.2 Å². The SMILES string of the molecule is CCCCNc1nc(N)nc(C)c1CCCn1cncn1. The third-order valence-corrected chi connectivity index (χ3v) is 3.33. The van der Waals surface area contributed by atoms with Gasteiger partial charge in [-0.3, -0.25) is 4.68 Å². The number of rotatable bonds is 8.